The number of benzene rings is 2. The van der Waals surface area contributed by atoms with Crippen molar-refractivity contribution in [3.8, 4) is 0 Å². The summed E-state index contributed by atoms with van der Waals surface area (Å²) in [7, 11) is 0. The van der Waals surface area contributed by atoms with E-state index in [1.165, 1.54) is 37.8 Å². The van der Waals surface area contributed by atoms with Crippen molar-refractivity contribution in [2.45, 2.75) is 69.2 Å². The molecule has 0 bridgehead atoms. The Labute approximate surface area is 215 Å². The average Bonchev–Trinajstić information content (AvgIpc) is 3.57. The summed E-state index contributed by atoms with van der Waals surface area (Å²) in [4.78, 5) is 15.4. The van der Waals surface area contributed by atoms with Gasteiger partial charge in [0.2, 0.25) is 5.91 Å². The Morgan fingerprint density at radius 3 is 2.56 bits per heavy atom. The van der Waals surface area contributed by atoms with Crippen molar-refractivity contribution in [3.63, 3.8) is 0 Å². The number of hydrogen-bond donors (Lipinski definition) is 2. The lowest BCUT2D eigenvalue weighted by atomic mass is 9.68. The molecule has 36 heavy (non-hydrogen) atoms. The summed E-state index contributed by atoms with van der Waals surface area (Å²) in [6.45, 7) is 6.95. The second kappa shape index (κ2) is 9.90. The molecule has 2 aromatic rings. The van der Waals surface area contributed by atoms with E-state index in [1.807, 2.05) is 12.1 Å². The summed E-state index contributed by atoms with van der Waals surface area (Å²) in [5, 5.41) is 6.91. The highest BCUT2D eigenvalue weighted by Crippen LogP contribution is 2.49. The monoisotopic (exact) mass is 489 g/mol. The molecule has 2 saturated carbocycles. The number of nitrogens with zero attached hydrogens (tertiary/aromatic N) is 1. The molecule has 2 aliphatic carbocycles. The fourth-order valence-electron chi connectivity index (χ4n) is 7.04. The standard InChI is InChI=1S/C31H40FN3O/c1-21(33-18-26-17-28(26)25-7-3-6-24(16-25)22-4-2-5-22)20-35-14-12-31(13-15-35)29(19-34-30(31)36)23-8-10-27(32)11-9-23/h3,6-11,16,21-22,26,28-29,33H,2,4-5,12-15,17-20H2,1H3,(H,34,36)/t21-,26?,28-,29?/m0/s1. The number of amides is 1. The lowest BCUT2D eigenvalue weighted by Gasteiger charge is -2.41. The molecule has 4 atom stereocenters. The maximum Gasteiger partial charge on any atom is 0.227 e. The highest BCUT2D eigenvalue weighted by molar-refractivity contribution is 5.86. The van der Waals surface area contributed by atoms with E-state index >= 15 is 0 Å². The quantitative estimate of drug-likeness (QED) is 0.538. The Morgan fingerprint density at radius 1 is 1.08 bits per heavy atom. The molecule has 5 heteroatoms. The third-order valence-corrected chi connectivity index (χ3v) is 9.71. The number of carbonyl (C=O) groups excluding carboxylic acids is 1. The van der Waals surface area contributed by atoms with Gasteiger partial charge < -0.3 is 15.5 Å². The number of piperidine rings is 1. The molecule has 2 aliphatic heterocycles. The van der Waals surface area contributed by atoms with Gasteiger partial charge in [0.25, 0.3) is 0 Å². The van der Waals surface area contributed by atoms with E-state index < -0.39 is 0 Å². The van der Waals surface area contributed by atoms with Crippen LogP contribution < -0.4 is 10.6 Å². The lowest BCUT2D eigenvalue weighted by Crippen LogP contribution is -2.49. The summed E-state index contributed by atoms with van der Waals surface area (Å²) >= 11 is 0. The minimum Gasteiger partial charge on any atom is -0.355 e. The maximum absolute atomic E-state index is 13.4. The molecule has 1 amide bonds. The first-order valence-electron chi connectivity index (χ1n) is 14.1. The predicted molar refractivity (Wildman–Crippen MR) is 142 cm³/mol. The first-order chi connectivity index (χ1) is 17.5. The van der Waals surface area contributed by atoms with Gasteiger partial charge >= 0.3 is 0 Å². The second-order valence-electron chi connectivity index (χ2n) is 12.0. The van der Waals surface area contributed by atoms with E-state index in [-0.39, 0.29) is 23.1 Å². The maximum atomic E-state index is 13.4. The summed E-state index contributed by atoms with van der Waals surface area (Å²) in [6.07, 6.45) is 7.17. The van der Waals surface area contributed by atoms with Crippen molar-refractivity contribution >= 4 is 5.91 Å². The Bertz CT molecular complexity index is 1070. The van der Waals surface area contributed by atoms with Gasteiger partial charge in [0, 0.05) is 25.0 Å². The van der Waals surface area contributed by atoms with E-state index in [4.69, 9.17) is 0 Å². The van der Waals surface area contributed by atoms with Crippen LogP contribution in [0.15, 0.2) is 48.5 Å². The predicted octanol–water partition coefficient (Wildman–Crippen LogP) is 5.17. The van der Waals surface area contributed by atoms with Crippen LogP contribution in [0.25, 0.3) is 0 Å². The van der Waals surface area contributed by atoms with Gasteiger partial charge in [0.15, 0.2) is 0 Å². The fraction of sp³-hybridized carbons (Fsp3) is 0.581. The van der Waals surface area contributed by atoms with E-state index in [9.17, 15) is 9.18 Å². The van der Waals surface area contributed by atoms with Crippen LogP contribution in [0.3, 0.4) is 0 Å². The van der Waals surface area contributed by atoms with Crippen molar-refractivity contribution in [3.05, 3.63) is 71.0 Å². The largest absolute Gasteiger partial charge is 0.355 e. The number of hydrogen-bond acceptors (Lipinski definition) is 3. The molecule has 192 valence electrons. The molecule has 2 N–H and O–H groups in total. The number of rotatable bonds is 8. The normalized spacial score (nSPS) is 28.6. The molecular weight excluding hydrogens is 449 g/mol. The number of nitrogens with one attached hydrogen (secondary N) is 2. The van der Waals surface area contributed by atoms with Crippen molar-refractivity contribution in [2.24, 2.45) is 11.3 Å². The van der Waals surface area contributed by atoms with Crippen LogP contribution in [0.1, 0.15) is 79.9 Å². The first kappa shape index (κ1) is 24.1. The Balaban J connectivity index is 0.976. The Kier molecular flexibility index (Phi) is 6.64. The van der Waals surface area contributed by atoms with E-state index in [0.717, 1.165) is 62.3 Å². The summed E-state index contributed by atoms with van der Waals surface area (Å²) in [5.41, 5.74) is 3.84. The number of halogens is 1. The van der Waals surface area contributed by atoms with Gasteiger partial charge in [-0.15, -0.1) is 0 Å². The molecule has 4 fully saturated rings. The van der Waals surface area contributed by atoms with Crippen LogP contribution in [0.4, 0.5) is 4.39 Å². The smallest absolute Gasteiger partial charge is 0.227 e. The molecule has 4 aliphatic rings. The van der Waals surface area contributed by atoms with E-state index in [0.29, 0.717) is 12.6 Å². The molecular formula is C31H40FN3O. The highest BCUT2D eigenvalue weighted by atomic mass is 19.1. The zero-order valence-electron chi connectivity index (χ0n) is 21.5. The molecule has 2 saturated heterocycles. The lowest BCUT2D eigenvalue weighted by molar-refractivity contribution is -0.130. The Hall–Kier alpha value is -2.24. The third kappa shape index (κ3) is 4.72. The minimum atomic E-state index is -0.347. The summed E-state index contributed by atoms with van der Waals surface area (Å²) in [5.74, 6) is 2.39. The van der Waals surface area contributed by atoms with Gasteiger partial charge in [-0.1, -0.05) is 42.8 Å². The van der Waals surface area contributed by atoms with Crippen LogP contribution in [0.2, 0.25) is 0 Å². The van der Waals surface area contributed by atoms with Gasteiger partial charge in [-0.05, 0) is 105 Å². The van der Waals surface area contributed by atoms with E-state index in [2.05, 4.69) is 46.7 Å². The molecule has 0 aromatic heterocycles. The van der Waals surface area contributed by atoms with Crippen LogP contribution in [-0.4, -0.2) is 49.6 Å². The van der Waals surface area contributed by atoms with Crippen molar-refractivity contribution in [1.82, 2.24) is 15.5 Å². The zero-order valence-corrected chi connectivity index (χ0v) is 21.5. The number of carbonyl (C=O) groups is 1. The van der Waals surface area contributed by atoms with Gasteiger partial charge in [0.05, 0.1) is 5.41 Å². The van der Waals surface area contributed by atoms with Crippen molar-refractivity contribution in [1.29, 1.82) is 0 Å². The van der Waals surface area contributed by atoms with Crippen LogP contribution >= 0.6 is 0 Å². The van der Waals surface area contributed by atoms with Gasteiger partial charge in [-0.25, -0.2) is 4.39 Å². The molecule has 4 nitrogen and oxygen atoms in total. The van der Waals surface area contributed by atoms with Gasteiger partial charge in [-0.3, -0.25) is 4.79 Å². The summed E-state index contributed by atoms with van der Waals surface area (Å²) < 4.78 is 13.4. The molecule has 2 heterocycles. The SMILES string of the molecule is C[C@@H](CN1CCC2(CC1)C(=O)NCC2c1ccc(F)cc1)NCC1C[C@H]1c1cccc(C2CCC2)c1. The average molecular weight is 490 g/mol. The van der Waals surface area contributed by atoms with E-state index in [1.54, 1.807) is 11.1 Å². The molecule has 2 aromatic carbocycles. The van der Waals surface area contributed by atoms with Crippen LogP contribution in [-0.2, 0) is 4.79 Å². The second-order valence-corrected chi connectivity index (χ2v) is 12.0. The fourth-order valence-corrected chi connectivity index (χ4v) is 7.04. The van der Waals surface area contributed by atoms with Crippen molar-refractivity contribution < 1.29 is 9.18 Å². The van der Waals surface area contributed by atoms with Gasteiger partial charge in [-0.2, -0.15) is 0 Å². The molecule has 1 spiro atoms. The first-order valence-corrected chi connectivity index (χ1v) is 14.1. The Morgan fingerprint density at radius 2 is 1.83 bits per heavy atom. The van der Waals surface area contributed by atoms with Gasteiger partial charge in [0.1, 0.15) is 5.82 Å². The molecule has 0 radical (unpaired) electrons. The third-order valence-electron chi connectivity index (χ3n) is 9.71. The molecule has 2 unspecified atom stereocenters. The molecule has 6 rings (SSSR count). The minimum absolute atomic E-state index is 0.137. The number of likely N-dealkylation sites (tertiary alicyclic amines) is 1. The summed E-state index contributed by atoms with van der Waals surface area (Å²) in [6, 6.07) is 16.6. The van der Waals surface area contributed by atoms with Crippen LogP contribution in [0.5, 0.6) is 0 Å². The topological polar surface area (TPSA) is 44.4 Å². The van der Waals surface area contributed by atoms with Crippen molar-refractivity contribution in [2.75, 3.05) is 32.7 Å². The van der Waals surface area contributed by atoms with Crippen LogP contribution in [0, 0.1) is 17.2 Å². The zero-order chi connectivity index (χ0) is 24.7. The highest BCUT2D eigenvalue weighted by Gasteiger charge is 2.52.